The molecule has 3 N–H and O–H groups in total. The number of rotatable bonds is 7. The highest BCUT2D eigenvalue weighted by Gasteiger charge is 2.69. The van der Waals surface area contributed by atoms with Crippen LogP contribution < -0.4 is 16.0 Å². The molecule has 10 heteroatoms. The van der Waals surface area contributed by atoms with Crippen molar-refractivity contribution in [2.45, 2.75) is 72.0 Å². The Morgan fingerprint density at radius 3 is 2.50 bits per heavy atom. The number of hydrogen-bond donors (Lipinski definition) is 3. The van der Waals surface area contributed by atoms with Gasteiger partial charge in [-0.2, -0.15) is 5.26 Å². The van der Waals surface area contributed by atoms with Crippen molar-refractivity contribution >= 4 is 23.6 Å². The highest BCUT2D eigenvalue weighted by Crippen LogP contribution is 2.65. The summed E-state index contributed by atoms with van der Waals surface area (Å²) in [6, 6.07) is -0.214. The molecular formula is C26H39N5O5. The minimum absolute atomic E-state index is 0.0184. The Kier molecular flexibility index (Phi) is 7.08. The molecule has 0 aromatic carbocycles. The van der Waals surface area contributed by atoms with Gasteiger partial charge in [-0.3, -0.25) is 19.2 Å². The van der Waals surface area contributed by atoms with Crippen LogP contribution in [0.4, 0.5) is 0 Å². The third kappa shape index (κ3) is 4.95. The molecule has 7 atom stereocenters. The van der Waals surface area contributed by atoms with E-state index in [0.29, 0.717) is 39.1 Å². The normalized spacial score (nSPS) is 32.2. The Labute approximate surface area is 212 Å². The van der Waals surface area contributed by atoms with Crippen LogP contribution in [0.5, 0.6) is 0 Å². The van der Waals surface area contributed by atoms with E-state index < -0.39 is 23.5 Å². The molecular weight excluding hydrogens is 462 g/mol. The maximum absolute atomic E-state index is 13.9. The van der Waals surface area contributed by atoms with Crippen LogP contribution in [-0.2, 0) is 23.9 Å². The molecule has 0 radical (unpaired) electrons. The average molecular weight is 502 g/mol. The first-order valence-electron chi connectivity index (χ1n) is 13.0. The fourth-order valence-electron chi connectivity index (χ4n) is 6.18. The van der Waals surface area contributed by atoms with E-state index in [4.69, 9.17) is 4.74 Å². The first-order valence-corrected chi connectivity index (χ1v) is 13.0. The van der Waals surface area contributed by atoms with Crippen LogP contribution in [0.25, 0.3) is 0 Å². The van der Waals surface area contributed by atoms with Gasteiger partial charge in [0.2, 0.25) is 23.6 Å². The maximum atomic E-state index is 13.9. The van der Waals surface area contributed by atoms with Gasteiger partial charge in [0.15, 0.2) is 0 Å². The summed E-state index contributed by atoms with van der Waals surface area (Å²) < 4.78 is 5.34. The van der Waals surface area contributed by atoms with E-state index in [1.165, 1.54) is 0 Å². The molecule has 3 saturated heterocycles. The van der Waals surface area contributed by atoms with E-state index in [0.717, 1.165) is 0 Å². The molecule has 3 heterocycles. The number of fused-ring (bicyclic) bond motifs is 1. The zero-order valence-corrected chi connectivity index (χ0v) is 21.9. The number of nitrogens with one attached hydrogen (secondary N) is 3. The molecule has 4 rings (SSSR count). The van der Waals surface area contributed by atoms with E-state index in [9.17, 15) is 24.4 Å². The van der Waals surface area contributed by atoms with Crippen molar-refractivity contribution in [3.63, 3.8) is 0 Å². The van der Waals surface area contributed by atoms with E-state index in [1.54, 1.807) is 4.90 Å². The molecule has 198 valence electrons. The van der Waals surface area contributed by atoms with Crippen LogP contribution in [0.15, 0.2) is 0 Å². The zero-order valence-electron chi connectivity index (χ0n) is 21.9. The average Bonchev–Trinajstić information content (AvgIpc) is 3.38. The largest absolute Gasteiger partial charge is 0.381 e. The van der Waals surface area contributed by atoms with Gasteiger partial charge in [0.25, 0.3) is 0 Å². The summed E-state index contributed by atoms with van der Waals surface area (Å²) in [6.07, 6.45) is 1.51. The number of piperidine rings is 1. The number of carbonyl (C=O) groups excluding carboxylic acids is 4. The smallest absolute Gasteiger partial charge is 0.246 e. The summed E-state index contributed by atoms with van der Waals surface area (Å²) in [5.41, 5.74) is -0.658. The predicted molar refractivity (Wildman–Crippen MR) is 130 cm³/mol. The van der Waals surface area contributed by atoms with E-state index >= 15 is 0 Å². The third-order valence-electron chi connectivity index (χ3n) is 8.62. The lowest BCUT2D eigenvalue weighted by molar-refractivity contribution is -0.146. The number of carbonyl (C=O) groups is 4. The van der Waals surface area contributed by atoms with Crippen molar-refractivity contribution < 1.29 is 23.9 Å². The molecule has 1 unspecified atom stereocenters. The van der Waals surface area contributed by atoms with Gasteiger partial charge in [0, 0.05) is 25.6 Å². The topological polar surface area (TPSA) is 141 Å². The summed E-state index contributed by atoms with van der Waals surface area (Å²) in [5, 5.41) is 18.2. The first-order chi connectivity index (χ1) is 16.9. The molecule has 0 aromatic heterocycles. The number of nitrogens with zero attached hydrogens (tertiary/aromatic N) is 2. The van der Waals surface area contributed by atoms with Crippen molar-refractivity contribution in [3.05, 3.63) is 0 Å². The second-order valence-electron chi connectivity index (χ2n) is 12.5. The van der Waals surface area contributed by atoms with Gasteiger partial charge in [-0.05, 0) is 41.9 Å². The van der Waals surface area contributed by atoms with Crippen LogP contribution in [0, 0.1) is 45.8 Å². The quantitative estimate of drug-likeness (QED) is 0.466. The van der Waals surface area contributed by atoms with Crippen LogP contribution >= 0.6 is 0 Å². The Morgan fingerprint density at radius 2 is 1.94 bits per heavy atom. The van der Waals surface area contributed by atoms with Crippen molar-refractivity contribution in [2.75, 3.05) is 26.3 Å². The molecule has 10 nitrogen and oxygen atoms in total. The van der Waals surface area contributed by atoms with Crippen LogP contribution in [-0.4, -0.2) is 73.0 Å². The molecule has 3 aliphatic heterocycles. The predicted octanol–water partition coefficient (Wildman–Crippen LogP) is 0.571. The van der Waals surface area contributed by atoms with E-state index in [2.05, 4.69) is 35.9 Å². The molecule has 0 bridgehead atoms. The van der Waals surface area contributed by atoms with Crippen LogP contribution in [0.3, 0.4) is 0 Å². The lowest BCUT2D eigenvalue weighted by Crippen LogP contribution is -2.60. The van der Waals surface area contributed by atoms with Crippen LogP contribution in [0.1, 0.15) is 53.9 Å². The minimum atomic E-state index is -0.815. The fourth-order valence-corrected chi connectivity index (χ4v) is 6.18. The molecule has 0 aromatic rings. The Balaban J connectivity index is 1.50. The van der Waals surface area contributed by atoms with E-state index in [-0.39, 0.29) is 59.1 Å². The fraction of sp³-hybridized carbons (Fsp3) is 0.808. The Hall–Kier alpha value is -2.67. The lowest BCUT2D eigenvalue weighted by atomic mass is 9.84. The monoisotopic (exact) mass is 501 g/mol. The second-order valence-corrected chi connectivity index (χ2v) is 12.5. The lowest BCUT2D eigenvalue weighted by Gasteiger charge is -2.38. The summed E-state index contributed by atoms with van der Waals surface area (Å²) >= 11 is 0. The highest BCUT2D eigenvalue weighted by atomic mass is 16.5. The van der Waals surface area contributed by atoms with Crippen molar-refractivity contribution in [1.82, 2.24) is 20.9 Å². The van der Waals surface area contributed by atoms with Gasteiger partial charge in [-0.1, -0.05) is 34.6 Å². The summed E-state index contributed by atoms with van der Waals surface area (Å²) in [6.45, 7) is 11.8. The van der Waals surface area contributed by atoms with Gasteiger partial charge >= 0.3 is 0 Å². The first kappa shape index (κ1) is 26.4. The number of nitriles is 1. The van der Waals surface area contributed by atoms with Gasteiger partial charge < -0.3 is 25.6 Å². The second kappa shape index (κ2) is 9.66. The zero-order chi connectivity index (χ0) is 26.4. The van der Waals surface area contributed by atoms with Crippen molar-refractivity contribution in [1.29, 1.82) is 5.26 Å². The standard InChI is InChI=1S/C26H39N5O5/c1-25(2,3)20(30-22(33)15-7-9-36-13-15)24(35)31-12-17-18(26(17,4)5)19(31)23(34)29-16(11-27)10-14-6-8-28-21(14)32/h14-20H,6-10,12-13H2,1-5H3,(H,28,32)(H,29,34)(H,30,33)/t14-,15?,16-,17-,18-,19-,20+/m0/s1. The maximum Gasteiger partial charge on any atom is 0.246 e. The van der Waals surface area contributed by atoms with Crippen molar-refractivity contribution in [2.24, 2.45) is 34.5 Å². The van der Waals surface area contributed by atoms with E-state index in [1.807, 2.05) is 20.8 Å². The Bertz CT molecular complexity index is 961. The summed E-state index contributed by atoms with van der Waals surface area (Å²) in [5.74, 6) is -1.37. The number of hydrogen-bond acceptors (Lipinski definition) is 6. The number of ether oxygens (including phenoxy) is 1. The highest BCUT2D eigenvalue weighted by molar-refractivity contribution is 5.94. The van der Waals surface area contributed by atoms with Gasteiger partial charge in [-0.25, -0.2) is 0 Å². The summed E-state index contributed by atoms with van der Waals surface area (Å²) in [7, 11) is 0. The van der Waals surface area contributed by atoms with Crippen molar-refractivity contribution in [3.8, 4) is 6.07 Å². The summed E-state index contributed by atoms with van der Waals surface area (Å²) in [4.78, 5) is 53.9. The van der Waals surface area contributed by atoms with Gasteiger partial charge in [-0.15, -0.1) is 0 Å². The molecule has 36 heavy (non-hydrogen) atoms. The molecule has 1 saturated carbocycles. The number of likely N-dealkylation sites (tertiary alicyclic amines) is 1. The van der Waals surface area contributed by atoms with Gasteiger partial charge in [0.05, 0.1) is 18.6 Å². The molecule has 1 aliphatic carbocycles. The Morgan fingerprint density at radius 1 is 1.22 bits per heavy atom. The van der Waals surface area contributed by atoms with Crippen LogP contribution in [0.2, 0.25) is 0 Å². The molecule has 4 aliphatic rings. The molecule has 0 spiro atoms. The van der Waals surface area contributed by atoms with Gasteiger partial charge in [0.1, 0.15) is 18.1 Å². The molecule has 4 amide bonds. The minimum Gasteiger partial charge on any atom is -0.381 e. The molecule has 4 fully saturated rings. The number of amides is 4. The SMILES string of the molecule is CC(C)(C)[C@H](NC(=O)C1CCOC1)C(=O)N1C[C@H]2[C@@H]([C@H]1C(=O)N[C@H](C#N)C[C@@H]1CCNC1=O)C2(C)C. The third-order valence-corrected chi connectivity index (χ3v) is 8.62.